The van der Waals surface area contributed by atoms with Crippen molar-refractivity contribution in [3.05, 3.63) is 36.3 Å². The fourth-order valence-electron chi connectivity index (χ4n) is 1.26. The summed E-state index contributed by atoms with van der Waals surface area (Å²) in [7, 11) is 0. The van der Waals surface area contributed by atoms with Gasteiger partial charge in [0.15, 0.2) is 0 Å². The maximum absolute atomic E-state index is 4.46. The molecule has 0 saturated heterocycles. The van der Waals surface area contributed by atoms with E-state index in [9.17, 15) is 0 Å². The van der Waals surface area contributed by atoms with E-state index in [1.807, 2.05) is 44.3 Å². The van der Waals surface area contributed by atoms with Crippen LogP contribution in [0.1, 0.15) is 39.4 Å². The molecule has 2 heteroatoms. The van der Waals surface area contributed by atoms with E-state index in [4.69, 9.17) is 0 Å². The molecule has 0 N–H and O–H groups in total. The molecular weight excluding hydrogens is 184 g/mol. The average molecular weight is 202 g/mol. The van der Waals surface area contributed by atoms with Crippen molar-refractivity contribution in [1.29, 1.82) is 0 Å². The van der Waals surface area contributed by atoms with Crippen molar-refractivity contribution in [2.45, 2.75) is 33.6 Å². The number of rotatable bonds is 1. The van der Waals surface area contributed by atoms with Crippen molar-refractivity contribution in [3.63, 3.8) is 0 Å². The molecule has 0 fully saturated rings. The first kappa shape index (κ1) is 11.6. The maximum atomic E-state index is 4.46. The SMILES string of the molecule is CC.CC(C)c1ncc2ccccc2n1. The third-order valence-electron chi connectivity index (χ3n) is 2.02. The summed E-state index contributed by atoms with van der Waals surface area (Å²) in [6.45, 7) is 8.20. The maximum Gasteiger partial charge on any atom is 0.131 e. The Morgan fingerprint density at radius 1 is 1.07 bits per heavy atom. The van der Waals surface area contributed by atoms with Gasteiger partial charge in [0.1, 0.15) is 5.82 Å². The van der Waals surface area contributed by atoms with E-state index in [1.54, 1.807) is 0 Å². The van der Waals surface area contributed by atoms with E-state index in [-0.39, 0.29) is 0 Å². The zero-order chi connectivity index (χ0) is 11.3. The predicted octanol–water partition coefficient (Wildman–Crippen LogP) is 3.78. The van der Waals surface area contributed by atoms with Crippen LogP contribution in [0.5, 0.6) is 0 Å². The molecule has 1 aromatic heterocycles. The van der Waals surface area contributed by atoms with Crippen LogP contribution in [0.25, 0.3) is 10.9 Å². The molecule has 1 aromatic carbocycles. The van der Waals surface area contributed by atoms with Gasteiger partial charge in [0.2, 0.25) is 0 Å². The average Bonchev–Trinajstić information content (AvgIpc) is 2.31. The zero-order valence-electron chi connectivity index (χ0n) is 9.86. The first-order valence-corrected chi connectivity index (χ1v) is 5.49. The van der Waals surface area contributed by atoms with E-state index in [0.717, 1.165) is 16.7 Å². The van der Waals surface area contributed by atoms with Gasteiger partial charge in [-0.15, -0.1) is 0 Å². The summed E-state index contributed by atoms with van der Waals surface area (Å²) in [6.07, 6.45) is 1.89. The van der Waals surface area contributed by atoms with Crippen LogP contribution in [-0.4, -0.2) is 9.97 Å². The van der Waals surface area contributed by atoms with Gasteiger partial charge in [0, 0.05) is 17.5 Å². The van der Waals surface area contributed by atoms with Crippen molar-refractivity contribution in [3.8, 4) is 0 Å². The van der Waals surface area contributed by atoms with Crippen LogP contribution in [0.3, 0.4) is 0 Å². The molecule has 0 aliphatic rings. The Kier molecular flexibility index (Phi) is 4.22. The molecule has 0 unspecified atom stereocenters. The molecule has 0 radical (unpaired) electrons. The summed E-state index contributed by atoms with van der Waals surface area (Å²) in [5.41, 5.74) is 1.03. The predicted molar refractivity (Wildman–Crippen MR) is 65.0 cm³/mol. The lowest BCUT2D eigenvalue weighted by Crippen LogP contribution is -1.96. The van der Waals surface area contributed by atoms with Gasteiger partial charge in [0.05, 0.1) is 5.52 Å². The second-order valence-corrected chi connectivity index (χ2v) is 3.44. The van der Waals surface area contributed by atoms with Crippen LogP contribution in [0.2, 0.25) is 0 Å². The summed E-state index contributed by atoms with van der Waals surface area (Å²) >= 11 is 0. The number of fused-ring (bicyclic) bond motifs is 1. The molecular formula is C13H18N2. The minimum atomic E-state index is 0.393. The molecule has 2 rings (SSSR count). The van der Waals surface area contributed by atoms with E-state index in [2.05, 4.69) is 23.8 Å². The van der Waals surface area contributed by atoms with E-state index in [0.29, 0.717) is 5.92 Å². The largest absolute Gasteiger partial charge is 0.240 e. The van der Waals surface area contributed by atoms with Crippen LogP contribution < -0.4 is 0 Å². The second kappa shape index (κ2) is 5.44. The van der Waals surface area contributed by atoms with E-state index >= 15 is 0 Å². The van der Waals surface area contributed by atoms with Crippen LogP contribution in [-0.2, 0) is 0 Å². The number of hydrogen-bond acceptors (Lipinski definition) is 2. The number of para-hydroxylation sites is 1. The standard InChI is InChI=1S/C11H12N2.C2H6/c1-8(2)11-12-7-9-5-3-4-6-10(9)13-11;1-2/h3-8H,1-2H3;1-2H3. The van der Waals surface area contributed by atoms with Gasteiger partial charge >= 0.3 is 0 Å². The zero-order valence-corrected chi connectivity index (χ0v) is 9.86. The van der Waals surface area contributed by atoms with Crippen molar-refractivity contribution < 1.29 is 0 Å². The van der Waals surface area contributed by atoms with Crippen molar-refractivity contribution in [2.24, 2.45) is 0 Å². The smallest absolute Gasteiger partial charge is 0.131 e. The Balaban J connectivity index is 0.000000531. The first-order chi connectivity index (χ1) is 7.27. The summed E-state index contributed by atoms with van der Waals surface area (Å²) in [5.74, 6) is 1.31. The molecule has 15 heavy (non-hydrogen) atoms. The van der Waals surface area contributed by atoms with Gasteiger partial charge in [-0.05, 0) is 6.07 Å². The summed E-state index contributed by atoms with van der Waals surface area (Å²) in [4.78, 5) is 8.76. The Hall–Kier alpha value is -1.44. The van der Waals surface area contributed by atoms with Gasteiger partial charge in [0.25, 0.3) is 0 Å². The van der Waals surface area contributed by atoms with Gasteiger partial charge < -0.3 is 0 Å². The molecule has 0 atom stereocenters. The summed E-state index contributed by atoms with van der Waals surface area (Å²) in [6, 6.07) is 8.04. The molecule has 0 amide bonds. The summed E-state index contributed by atoms with van der Waals surface area (Å²) in [5, 5.41) is 1.10. The van der Waals surface area contributed by atoms with Gasteiger partial charge in [-0.3, -0.25) is 0 Å². The molecule has 0 saturated carbocycles. The lowest BCUT2D eigenvalue weighted by atomic mass is 10.2. The fraction of sp³-hybridized carbons (Fsp3) is 0.385. The number of benzene rings is 1. The van der Waals surface area contributed by atoms with Gasteiger partial charge in [-0.2, -0.15) is 0 Å². The Morgan fingerprint density at radius 3 is 2.40 bits per heavy atom. The first-order valence-electron chi connectivity index (χ1n) is 5.49. The van der Waals surface area contributed by atoms with Crippen molar-refractivity contribution in [2.75, 3.05) is 0 Å². The molecule has 0 aliphatic carbocycles. The third-order valence-corrected chi connectivity index (χ3v) is 2.02. The molecule has 1 heterocycles. The van der Waals surface area contributed by atoms with E-state index < -0.39 is 0 Å². The lowest BCUT2D eigenvalue weighted by molar-refractivity contribution is 0.783. The molecule has 0 spiro atoms. The topological polar surface area (TPSA) is 25.8 Å². The third kappa shape index (κ3) is 2.75. The number of nitrogens with zero attached hydrogens (tertiary/aromatic N) is 2. The van der Waals surface area contributed by atoms with Crippen LogP contribution >= 0.6 is 0 Å². The second-order valence-electron chi connectivity index (χ2n) is 3.44. The van der Waals surface area contributed by atoms with Crippen LogP contribution in [0, 0.1) is 0 Å². The fourth-order valence-corrected chi connectivity index (χ4v) is 1.26. The number of aromatic nitrogens is 2. The highest BCUT2D eigenvalue weighted by atomic mass is 14.9. The minimum absolute atomic E-state index is 0.393. The monoisotopic (exact) mass is 202 g/mol. The van der Waals surface area contributed by atoms with Crippen LogP contribution in [0.15, 0.2) is 30.5 Å². The number of hydrogen-bond donors (Lipinski definition) is 0. The Morgan fingerprint density at radius 2 is 1.73 bits per heavy atom. The van der Waals surface area contributed by atoms with Crippen molar-refractivity contribution in [1.82, 2.24) is 9.97 Å². The Labute approximate surface area is 91.4 Å². The lowest BCUT2D eigenvalue weighted by Gasteiger charge is -2.03. The van der Waals surface area contributed by atoms with Gasteiger partial charge in [-0.25, -0.2) is 9.97 Å². The highest BCUT2D eigenvalue weighted by Gasteiger charge is 2.02. The Bertz CT molecular complexity index is 422. The molecule has 0 bridgehead atoms. The normalized spacial score (nSPS) is 9.93. The van der Waals surface area contributed by atoms with Crippen LogP contribution in [0.4, 0.5) is 0 Å². The van der Waals surface area contributed by atoms with Gasteiger partial charge in [-0.1, -0.05) is 45.9 Å². The highest BCUT2D eigenvalue weighted by molar-refractivity contribution is 5.77. The molecule has 2 aromatic rings. The highest BCUT2D eigenvalue weighted by Crippen LogP contribution is 2.14. The van der Waals surface area contributed by atoms with Crippen molar-refractivity contribution >= 4 is 10.9 Å². The molecule has 80 valence electrons. The summed E-state index contributed by atoms with van der Waals surface area (Å²) < 4.78 is 0. The molecule has 0 aliphatic heterocycles. The molecule has 2 nitrogen and oxygen atoms in total. The quantitative estimate of drug-likeness (QED) is 0.703. The van der Waals surface area contributed by atoms with E-state index in [1.165, 1.54) is 0 Å². The minimum Gasteiger partial charge on any atom is -0.240 e.